The van der Waals surface area contributed by atoms with Gasteiger partial charge in [-0.2, -0.15) is 0 Å². The van der Waals surface area contributed by atoms with E-state index in [0.717, 1.165) is 44.9 Å². The molecule has 168 valence electrons. The van der Waals surface area contributed by atoms with Gasteiger partial charge in [0.2, 0.25) is 0 Å². The normalized spacial score (nSPS) is 15.9. The predicted molar refractivity (Wildman–Crippen MR) is 129 cm³/mol. The molecule has 0 heterocycles. The van der Waals surface area contributed by atoms with E-state index in [4.69, 9.17) is 0 Å². The molecule has 1 unspecified atom stereocenters. The summed E-state index contributed by atoms with van der Waals surface area (Å²) >= 11 is 0. The number of carboxylic acid groups (broad SMARTS) is 1. The van der Waals surface area contributed by atoms with E-state index < -0.39 is 11.9 Å². The molecule has 0 aromatic heterocycles. The van der Waals surface area contributed by atoms with Crippen molar-refractivity contribution < 1.29 is 14.7 Å². The number of benzene rings is 2. The van der Waals surface area contributed by atoms with Crippen LogP contribution in [-0.4, -0.2) is 16.9 Å². The Morgan fingerprint density at radius 3 is 2.50 bits per heavy atom. The van der Waals surface area contributed by atoms with Crippen molar-refractivity contribution >= 4 is 17.3 Å². The molecule has 3 heteroatoms. The number of carbonyl (C=O) groups is 2. The van der Waals surface area contributed by atoms with Crippen LogP contribution in [0.3, 0.4) is 0 Å². The first-order valence-corrected chi connectivity index (χ1v) is 12.3. The number of allylic oxidation sites excluding steroid dienone is 2. The van der Waals surface area contributed by atoms with Gasteiger partial charge in [-0.25, -0.2) is 0 Å². The van der Waals surface area contributed by atoms with Crippen molar-refractivity contribution in [2.24, 2.45) is 5.92 Å². The maximum Gasteiger partial charge on any atom is 0.306 e. The summed E-state index contributed by atoms with van der Waals surface area (Å²) < 4.78 is 0. The van der Waals surface area contributed by atoms with Gasteiger partial charge in [-0.05, 0) is 79.7 Å². The van der Waals surface area contributed by atoms with Crippen molar-refractivity contribution in [3.63, 3.8) is 0 Å². The van der Waals surface area contributed by atoms with E-state index in [0.29, 0.717) is 12.0 Å². The molecular weight excluding hydrogens is 396 g/mol. The van der Waals surface area contributed by atoms with Crippen LogP contribution in [0, 0.1) is 5.92 Å². The van der Waals surface area contributed by atoms with Gasteiger partial charge in [0.15, 0.2) is 5.78 Å². The summed E-state index contributed by atoms with van der Waals surface area (Å²) in [6.07, 6.45) is 11.7. The number of unbranched alkanes of at least 4 members (excludes halogenated alkanes) is 3. The summed E-state index contributed by atoms with van der Waals surface area (Å²) in [6, 6.07) is 16.5. The second-order valence-corrected chi connectivity index (χ2v) is 9.44. The summed E-state index contributed by atoms with van der Waals surface area (Å²) in [5, 5.41) is 9.66. The molecule has 3 nitrogen and oxygen atoms in total. The van der Waals surface area contributed by atoms with E-state index in [2.05, 4.69) is 30.3 Å². The zero-order chi connectivity index (χ0) is 22.3. The Bertz CT molecular complexity index is 987. The number of aliphatic carboxylic acids is 1. The molecule has 1 atom stereocenters. The molecule has 32 heavy (non-hydrogen) atoms. The summed E-state index contributed by atoms with van der Waals surface area (Å²) in [6.45, 7) is 0. The standard InChI is InChI=1S/C29H34O3/c30-28(23-16-17-27-25(19-23)18-22-13-8-9-15-26(22)27)20-24(29(31)32)14-7-2-1-4-10-21-11-5-3-6-12-21/h3,5-6,11-12,16-17,19,24H,1-2,4,7-10,13-15,18,20H2,(H,31,32). The Balaban J connectivity index is 1.24. The van der Waals surface area contributed by atoms with E-state index in [1.54, 1.807) is 5.57 Å². The second kappa shape index (κ2) is 10.8. The summed E-state index contributed by atoms with van der Waals surface area (Å²) in [7, 11) is 0. The molecule has 2 aliphatic carbocycles. The van der Waals surface area contributed by atoms with Crippen LogP contribution in [0.5, 0.6) is 0 Å². The lowest BCUT2D eigenvalue weighted by atomic mass is 9.90. The van der Waals surface area contributed by atoms with Crippen LogP contribution in [0.4, 0.5) is 0 Å². The molecule has 0 radical (unpaired) electrons. The minimum absolute atomic E-state index is 0.0332. The topological polar surface area (TPSA) is 54.4 Å². The van der Waals surface area contributed by atoms with Gasteiger partial charge in [0, 0.05) is 12.0 Å². The fourth-order valence-corrected chi connectivity index (χ4v) is 5.30. The summed E-state index contributed by atoms with van der Waals surface area (Å²) in [5.41, 5.74) is 7.66. The number of carboxylic acids is 1. The smallest absolute Gasteiger partial charge is 0.306 e. The highest BCUT2D eigenvalue weighted by atomic mass is 16.4. The first-order chi connectivity index (χ1) is 15.6. The molecule has 1 N–H and O–H groups in total. The molecule has 0 amide bonds. The minimum Gasteiger partial charge on any atom is -0.481 e. The number of hydrogen-bond acceptors (Lipinski definition) is 2. The quantitative estimate of drug-likeness (QED) is 0.307. The maximum atomic E-state index is 12.9. The Labute approximate surface area is 191 Å². The van der Waals surface area contributed by atoms with Crippen LogP contribution in [-0.2, 0) is 17.6 Å². The molecule has 0 spiro atoms. The lowest BCUT2D eigenvalue weighted by Gasteiger charge is -2.14. The van der Waals surface area contributed by atoms with Gasteiger partial charge in [-0.15, -0.1) is 0 Å². The second-order valence-electron chi connectivity index (χ2n) is 9.44. The molecule has 2 aromatic carbocycles. The Kier molecular flexibility index (Phi) is 7.57. The van der Waals surface area contributed by atoms with E-state index >= 15 is 0 Å². The van der Waals surface area contributed by atoms with E-state index in [1.807, 2.05) is 18.2 Å². The van der Waals surface area contributed by atoms with Crippen LogP contribution in [0.25, 0.3) is 5.57 Å². The van der Waals surface area contributed by atoms with Gasteiger partial charge in [-0.1, -0.05) is 67.3 Å². The molecule has 0 fully saturated rings. The largest absolute Gasteiger partial charge is 0.481 e. The third-order valence-electron chi connectivity index (χ3n) is 7.13. The molecule has 0 aliphatic heterocycles. The van der Waals surface area contributed by atoms with Gasteiger partial charge in [-0.3, -0.25) is 9.59 Å². The highest BCUT2D eigenvalue weighted by molar-refractivity contribution is 5.98. The molecular formula is C29H34O3. The molecule has 2 aliphatic rings. The van der Waals surface area contributed by atoms with Gasteiger partial charge in [0.05, 0.1) is 5.92 Å². The number of hydrogen-bond donors (Lipinski definition) is 1. The van der Waals surface area contributed by atoms with Crippen LogP contribution >= 0.6 is 0 Å². The number of rotatable bonds is 11. The van der Waals surface area contributed by atoms with Crippen LogP contribution in [0.15, 0.2) is 54.1 Å². The lowest BCUT2D eigenvalue weighted by molar-refractivity contribution is -0.141. The van der Waals surface area contributed by atoms with E-state index in [-0.39, 0.29) is 12.2 Å². The minimum atomic E-state index is -0.846. The first-order valence-electron chi connectivity index (χ1n) is 12.3. The fraction of sp³-hybridized carbons (Fsp3) is 0.448. The Morgan fingerprint density at radius 1 is 0.906 bits per heavy atom. The number of carbonyl (C=O) groups excluding carboxylic acids is 1. The van der Waals surface area contributed by atoms with Gasteiger partial charge in [0.25, 0.3) is 0 Å². The third kappa shape index (κ3) is 5.56. The number of ketones is 1. The maximum absolute atomic E-state index is 12.9. The zero-order valence-electron chi connectivity index (χ0n) is 18.9. The first kappa shape index (κ1) is 22.5. The van der Waals surface area contributed by atoms with Crippen molar-refractivity contribution in [2.75, 3.05) is 0 Å². The molecule has 4 rings (SSSR count). The van der Waals surface area contributed by atoms with Crippen LogP contribution in [0.1, 0.15) is 91.3 Å². The predicted octanol–water partition coefficient (Wildman–Crippen LogP) is 7.04. The highest BCUT2D eigenvalue weighted by Crippen LogP contribution is 2.41. The van der Waals surface area contributed by atoms with Crippen LogP contribution in [0.2, 0.25) is 0 Å². The fourth-order valence-electron chi connectivity index (χ4n) is 5.30. The van der Waals surface area contributed by atoms with Crippen molar-refractivity contribution in [1.29, 1.82) is 0 Å². The molecule has 0 saturated heterocycles. The van der Waals surface area contributed by atoms with Crippen molar-refractivity contribution in [2.45, 2.75) is 77.0 Å². The number of aryl methyl sites for hydroxylation is 1. The molecule has 0 bridgehead atoms. The van der Waals surface area contributed by atoms with Gasteiger partial charge < -0.3 is 5.11 Å². The monoisotopic (exact) mass is 430 g/mol. The van der Waals surface area contributed by atoms with Gasteiger partial charge >= 0.3 is 5.97 Å². The number of Topliss-reactive ketones (excluding diaryl/α,β-unsaturated/α-hetero) is 1. The summed E-state index contributed by atoms with van der Waals surface area (Å²) in [5.74, 6) is -1.47. The zero-order valence-corrected chi connectivity index (χ0v) is 18.9. The number of fused-ring (bicyclic) bond motifs is 2. The van der Waals surface area contributed by atoms with Gasteiger partial charge in [0.1, 0.15) is 0 Å². The Morgan fingerprint density at radius 2 is 1.69 bits per heavy atom. The average Bonchev–Trinajstić information content (AvgIpc) is 3.18. The third-order valence-corrected chi connectivity index (χ3v) is 7.13. The Hall–Kier alpha value is -2.68. The van der Waals surface area contributed by atoms with Crippen molar-refractivity contribution in [3.05, 3.63) is 76.4 Å². The highest BCUT2D eigenvalue weighted by Gasteiger charge is 2.26. The summed E-state index contributed by atoms with van der Waals surface area (Å²) in [4.78, 5) is 24.7. The average molecular weight is 431 g/mol. The SMILES string of the molecule is O=C(CC(CCCCCCc1ccccc1)C(=O)O)c1ccc2c(c1)CC1=C2CCCC1. The van der Waals surface area contributed by atoms with Crippen molar-refractivity contribution in [3.8, 4) is 0 Å². The van der Waals surface area contributed by atoms with E-state index in [9.17, 15) is 14.7 Å². The molecule has 0 saturated carbocycles. The van der Waals surface area contributed by atoms with Crippen molar-refractivity contribution in [1.82, 2.24) is 0 Å². The molecule has 2 aromatic rings. The lowest BCUT2D eigenvalue weighted by Crippen LogP contribution is -2.18. The van der Waals surface area contributed by atoms with E-state index in [1.165, 1.54) is 41.5 Å². The van der Waals surface area contributed by atoms with Crippen LogP contribution < -0.4 is 0 Å².